The largest absolute Gasteiger partial charge is 0.756 e. The average molecular weight is 681 g/mol. The number of aliphatic hydroxyl groups excluding tert-OH is 4. The van der Waals surface area contributed by atoms with Crippen LogP contribution in [0.2, 0.25) is 0 Å². The Hall–Kier alpha value is -3.05. The monoisotopic (exact) mass is 681 g/mol. The topological polar surface area (TPSA) is 353 Å². The van der Waals surface area contributed by atoms with Gasteiger partial charge in [0, 0.05) is 6.07 Å². The second-order valence-corrected chi connectivity index (χ2v) is 12.7. The highest BCUT2D eigenvalue weighted by molar-refractivity contribution is 7.60. The molecule has 0 bridgehead atoms. The van der Waals surface area contributed by atoms with E-state index in [9.17, 15) is 44.1 Å². The Morgan fingerprint density at radius 1 is 1.04 bits per heavy atom. The number of ether oxygens (including phenoxy) is 2. The third-order valence-electron chi connectivity index (χ3n) is 6.74. The predicted molar refractivity (Wildman–Crippen MR) is 141 cm³/mol. The molecule has 0 spiro atoms. The molecule has 11 N–H and O–H groups in total. The summed E-state index contributed by atoms with van der Waals surface area (Å²) < 4.78 is 51.5. The fourth-order valence-corrected chi connectivity index (χ4v) is 6.62. The number of pyridine rings is 1. The molecule has 1 amide bonds. The van der Waals surface area contributed by atoms with Crippen LogP contribution >= 0.6 is 15.6 Å². The highest BCUT2D eigenvalue weighted by Crippen LogP contribution is 2.58. The summed E-state index contributed by atoms with van der Waals surface area (Å²) >= 11 is 0. The Kier molecular flexibility index (Phi) is 10.3. The molecule has 5 rings (SSSR count). The van der Waals surface area contributed by atoms with Crippen LogP contribution in [0.5, 0.6) is 0 Å². The number of carbonyl (C=O) groups is 1. The van der Waals surface area contributed by atoms with Gasteiger partial charge in [0.1, 0.15) is 47.9 Å². The number of nitrogens with zero attached hydrogens (tertiary/aromatic N) is 5. The number of primary amides is 1. The lowest BCUT2D eigenvalue weighted by atomic mass is 10.1. The molecular formula is C21H29N7O15P2. The number of rotatable bonds is 11. The van der Waals surface area contributed by atoms with Gasteiger partial charge in [0.15, 0.2) is 36.2 Å². The zero-order valence-corrected chi connectivity index (χ0v) is 24.5. The lowest BCUT2D eigenvalue weighted by molar-refractivity contribution is -0.765. The Morgan fingerprint density at radius 2 is 1.71 bits per heavy atom. The molecule has 248 valence electrons. The summed E-state index contributed by atoms with van der Waals surface area (Å²) in [6.07, 6.45) is -7.05. The Labute approximate surface area is 251 Å². The molecule has 24 heteroatoms. The Balaban J connectivity index is 0.00000461. The van der Waals surface area contributed by atoms with E-state index >= 15 is 0 Å². The van der Waals surface area contributed by atoms with Gasteiger partial charge in [0.05, 0.1) is 19.5 Å². The van der Waals surface area contributed by atoms with Crippen LogP contribution in [0.3, 0.4) is 0 Å². The molecule has 22 nitrogen and oxygen atoms in total. The number of nitrogen functional groups attached to an aromatic ring is 1. The molecule has 2 fully saturated rings. The SMILES string of the molecule is NC(=O)c1ccc[n+]([C@H]2O[C@@H](COP(=O)([O-])OP(=O)(O)OC[C@H]3O[C@@H](n4cnc5c(N)ncnc54)[C@H](O)[C@@H]3O)[C@H](O)[C@@H]2O)c1.O. The third kappa shape index (κ3) is 7.35. The zero-order valence-electron chi connectivity index (χ0n) is 22.7. The second kappa shape index (κ2) is 13.4. The lowest BCUT2D eigenvalue weighted by Gasteiger charge is -2.26. The Bertz CT molecular complexity index is 1630. The molecule has 3 aromatic heterocycles. The number of carbonyl (C=O) groups excluding carboxylic acids is 1. The first-order valence-corrected chi connectivity index (χ1v) is 15.5. The molecule has 3 aromatic rings. The van der Waals surface area contributed by atoms with Gasteiger partial charge < -0.3 is 61.2 Å². The van der Waals surface area contributed by atoms with Crippen LogP contribution in [0.1, 0.15) is 22.8 Å². The molecule has 2 unspecified atom stereocenters. The maximum atomic E-state index is 12.4. The summed E-state index contributed by atoms with van der Waals surface area (Å²) in [4.78, 5) is 45.5. The van der Waals surface area contributed by atoms with Gasteiger partial charge in [-0.15, -0.1) is 0 Å². The smallest absolute Gasteiger partial charge is 0.478 e. The first kappa shape index (κ1) is 34.8. The first-order valence-electron chi connectivity index (χ1n) is 12.6. The molecule has 45 heavy (non-hydrogen) atoms. The van der Waals surface area contributed by atoms with Crippen molar-refractivity contribution in [3.63, 3.8) is 0 Å². The Morgan fingerprint density at radius 3 is 2.42 bits per heavy atom. The van der Waals surface area contributed by atoms with Gasteiger partial charge in [-0.25, -0.2) is 23.8 Å². The van der Waals surface area contributed by atoms with Crippen molar-refractivity contribution in [3.05, 3.63) is 42.7 Å². The molecule has 2 aliphatic rings. The van der Waals surface area contributed by atoms with Crippen molar-refractivity contribution < 1.29 is 77.0 Å². The number of imidazole rings is 1. The summed E-state index contributed by atoms with van der Waals surface area (Å²) in [6, 6.07) is 2.82. The van der Waals surface area contributed by atoms with Gasteiger partial charge in [-0.3, -0.25) is 18.5 Å². The van der Waals surface area contributed by atoms with E-state index in [0.717, 1.165) is 6.33 Å². The normalized spacial score (nSPS) is 30.9. The van der Waals surface area contributed by atoms with E-state index in [4.69, 9.17) is 20.9 Å². The van der Waals surface area contributed by atoms with Crippen molar-refractivity contribution >= 4 is 38.5 Å². The highest BCUT2D eigenvalue weighted by atomic mass is 31.3. The molecule has 0 saturated carbocycles. The van der Waals surface area contributed by atoms with Gasteiger partial charge >= 0.3 is 7.82 Å². The number of aromatic nitrogens is 5. The summed E-state index contributed by atoms with van der Waals surface area (Å²) in [5.74, 6) is -0.729. The van der Waals surface area contributed by atoms with Crippen LogP contribution in [-0.4, -0.2) is 106 Å². The number of anilines is 1. The van der Waals surface area contributed by atoms with Crippen molar-refractivity contribution in [1.29, 1.82) is 0 Å². The maximum Gasteiger partial charge on any atom is 0.478 e. The zero-order chi connectivity index (χ0) is 32.0. The minimum atomic E-state index is -5.62. The van der Waals surface area contributed by atoms with Crippen molar-refractivity contribution in [2.24, 2.45) is 5.73 Å². The van der Waals surface area contributed by atoms with Crippen LogP contribution in [0.4, 0.5) is 5.82 Å². The van der Waals surface area contributed by atoms with Crippen LogP contribution in [0, 0.1) is 0 Å². The van der Waals surface area contributed by atoms with Gasteiger partial charge in [0.2, 0.25) is 0 Å². The first-order chi connectivity index (χ1) is 20.7. The minimum Gasteiger partial charge on any atom is -0.756 e. The van der Waals surface area contributed by atoms with E-state index < -0.39 is 83.8 Å². The predicted octanol–water partition coefficient (Wildman–Crippen LogP) is -4.47. The van der Waals surface area contributed by atoms with E-state index in [-0.39, 0.29) is 28.0 Å². The van der Waals surface area contributed by atoms with E-state index in [1.54, 1.807) is 0 Å². The number of amides is 1. The van der Waals surface area contributed by atoms with E-state index in [1.165, 1.54) is 40.0 Å². The minimum absolute atomic E-state index is 0. The van der Waals surface area contributed by atoms with Crippen molar-refractivity contribution in [2.75, 3.05) is 18.9 Å². The molecule has 0 radical (unpaired) electrons. The van der Waals surface area contributed by atoms with Crippen molar-refractivity contribution in [3.8, 4) is 0 Å². The number of hydrogen-bond acceptors (Lipinski definition) is 17. The number of phosphoric ester groups is 2. The maximum absolute atomic E-state index is 12.4. The fraction of sp³-hybridized carbons (Fsp3) is 0.476. The van der Waals surface area contributed by atoms with E-state index in [0.29, 0.717) is 0 Å². The van der Waals surface area contributed by atoms with E-state index in [1.807, 2.05) is 0 Å². The number of fused-ring (bicyclic) bond motifs is 1. The molecule has 0 aliphatic carbocycles. The average Bonchev–Trinajstić information content (AvgIpc) is 3.61. The summed E-state index contributed by atoms with van der Waals surface area (Å²) in [6.45, 7) is -1.89. The van der Waals surface area contributed by atoms with Crippen LogP contribution in [0.15, 0.2) is 37.2 Å². The molecular weight excluding hydrogens is 652 g/mol. The highest BCUT2D eigenvalue weighted by Gasteiger charge is 2.49. The molecule has 0 aromatic carbocycles. The number of nitrogens with two attached hydrogens (primary N) is 2. The summed E-state index contributed by atoms with van der Waals surface area (Å²) in [5, 5.41) is 41.6. The number of hydrogen-bond donors (Lipinski definition) is 7. The second-order valence-electron chi connectivity index (χ2n) is 9.67. The lowest BCUT2D eigenvalue weighted by Crippen LogP contribution is -2.46. The molecule has 2 saturated heterocycles. The van der Waals surface area contributed by atoms with Gasteiger partial charge in [0.25, 0.3) is 20.0 Å². The van der Waals surface area contributed by atoms with Crippen LogP contribution < -0.4 is 20.9 Å². The number of phosphoric acid groups is 2. The van der Waals surface area contributed by atoms with Gasteiger partial charge in [-0.2, -0.15) is 4.57 Å². The number of aliphatic hydroxyl groups is 4. The van der Waals surface area contributed by atoms with Crippen LogP contribution in [-0.2, 0) is 32.0 Å². The summed E-state index contributed by atoms with van der Waals surface area (Å²) in [7, 11) is -11.0. The van der Waals surface area contributed by atoms with Crippen LogP contribution in [0.25, 0.3) is 11.2 Å². The third-order valence-corrected chi connectivity index (χ3v) is 9.30. The van der Waals surface area contributed by atoms with E-state index in [2.05, 4.69) is 28.3 Å². The quantitative estimate of drug-likeness (QED) is 0.0740. The molecule has 5 heterocycles. The standard InChI is InChI=1S/C21H27N7O14P2.H2O/c22-17-12-19(25-7-24-17)28(8-26-12)21-16(32)14(30)11(41-21)6-39-44(36,37)42-43(34,35)38-5-10-13(29)15(31)20(40-10)27-3-1-2-9(4-27)18(23)33;/h1-4,7-8,10-11,13-16,20-21,29-32H,5-6H2,(H5-,22,23,24,25,33,34,35,36,37);1H2/t10-,11+,13-,14+,15-,16+,20-,21+;/m0./s1. The summed E-state index contributed by atoms with van der Waals surface area (Å²) in [5.41, 5.74) is 11.4. The van der Waals surface area contributed by atoms with Crippen molar-refractivity contribution in [1.82, 2.24) is 19.5 Å². The van der Waals surface area contributed by atoms with Crippen molar-refractivity contribution in [2.45, 2.75) is 49.1 Å². The van der Waals surface area contributed by atoms with Gasteiger partial charge in [-0.1, -0.05) is 0 Å². The molecule has 2 aliphatic heterocycles. The molecule has 10 atom stereocenters. The fourth-order valence-electron chi connectivity index (χ4n) is 4.57. The van der Waals surface area contributed by atoms with Gasteiger partial charge in [-0.05, 0) is 6.07 Å².